The van der Waals surface area contributed by atoms with Crippen LogP contribution in [-0.2, 0) is 14.3 Å². The largest absolute Gasteiger partial charge is 0.462 e. The second-order valence-electron chi connectivity index (χ2n) is 9.76. The third kappa shape index (κ3) is 2.44. The minimum Gasteiger partial charge on any atom is -0.462 e. The Balaban J connectivity index is 1.63. The Morgan fingerprint density at radius 1 is 1.08 bits per heavy atom. The van der Waals surface area contributed by atoms with E-state index < -0.39 is 0 Å². The van der Waals surface area contributed by atoms with Crippen LogP contribution in [0.4, 0.5) is 0 Å². The Hall–Kier alpha value is -1.12. The Labute approximate surface area is 151 Å². The van der Waals surface area contributed by atoms with Crippen molar-refractivity contribution < 1.29 is 14.3 Å². The maximum Gasteiger partial charge on any atom is 0.302 e. The van der Waals surface area contributed by atoms with Gasteiger partial charge in [0.25, 0.3) is 0 Å². The third-order valence-electron chi connectivity index (χ3n) is 8.67. The molecule has 0 bridgehead atoms. The number of fused-ring (bicyclic) bond motifs is 5. The number of Topliss-reactive ketones (excluding diaryl/α,β-unsaturated/α-hetero) is 1. The average Bonchev–Trinajstić information content (AvgIpc) is 2.86. The minimum atomic E-state index is -0.139. The molecule has 0 N–H and O–H groups in total. The predicted octanol–water partition coefficient (Wildman–Crippen LogP) is 4.70. The molecule has 4 aliphatic carbocycles. The average molecular weight is 344 g/mol. The van der Waals surface area contributed by atoms with Gasteiger partial charge in [-0.25, -0.2) is 0 Å². The number of carbonyl (C=O) groups excluding carboxylic acids is 2. The normalized spacial score (nSPS) is 49.2. The van der Waals surface area contributed by atoms with E-state index in [4.69, 9.17) is 4.74 Å². The molecule has 138 valence electrons. The van der Waals surface area contributed by atoms with E-state index in [0.717, 1.165) is 38.5 Å². The molecule has 0 radical (unpaired) electrons. The summed E-state index contributed by atoms with van der Waals surface area (Å²) in [6.07, 6.45) is 8.21. The zero-order valence-electron chi connectivity index (χ0n) is 16.0. The van der Waals surface area contributed by atoms with E-state index in [1.807, 2.05) is 0 Å². The lowest BCUT2D eigenvalue weighted by Gasteiger charge is -2.60. The van der Waals surface area contributed by atoms with Gasteiger partial charge in [-0.15, -0.1) is 0 Å². The molecule has 4 saturated carbocycles. The van der Waals surface area contributed by atoms with Crippen molar-refractivity contribution >= 4 is 11.8 Å². The van der Waals surface area contributed by atoms with E-state index in [1.165, 1.54) is 25.3 Å². The van der Waals surface area contributed by atoms with Gasteiger partial charge in [-0.3, -0.25) is 9.59 Å². The maximum absolute atomic E-state index is 12.1. The number of allylic oxidation sites excluding steroid dienone is 1. The summed E-state index contributed by atoms with van der Waals surface area (Å²) in [6, 6.07) is 0. The molecule has 3 heteroatoms. The zero-order valence-corrected chi connectivity index (χ0v) is 16.0. The molecular formula is C22H32O3. The summed E-state index contributed by atoms with van der Waals surface area (Å²) in [7, 11) is 0. The molecule has 0 spiro atoms. The van der Waals surface area contributed by atoms with Crippen LogP contribution in [0.3, 0.4) is 0 Å². The van der Waals surface area contributed by atoms with Gasteiger partial charge in [-0.2, -0.15) is 0 Å². The molecule has 7 atom stereocenters. The molecular weight excluding hydrogens is 312 g/mol. The maximum atomic E-state index is 12.1. The molecule has 0 aromatic rings. The summed E-state index contributed by atoms with van der Waals surface area (Å²) in [5, 5.41) is 0. The number of ether oxygens (including phenoxy) is 1. The Kier molecular flexibility index (Phi) is 3.94. The second-order valence-corrected chi connectivity index (χ2v) is 9.76. The standard InChI is InChI=1S/C22H32O3/c1-13-11-16-17-5-6-20(25-14(2)23)22(17,4)10-8-18(16)21(3)9-7-15(24)12-19(13)21/h16-20H,1,5-12H2,2-4H3/t16-,17-,18-,19+,20-,21+,22-/m0/s1. The van der Waals surface area contributed by atoms with Crippen LogP contribution in [0, 0.1) is 34.5 Å². The van der Waals surface area contributed by atoms with Crippen LogP contribution in [0.2, 0.25) is 0 Å². The molecule has 0 unspecified atom stereocenters. The van der Waals surface area contributed by atoms with Gasteiger partial charge >= 0.3 is 5.97 Å². The first-order chi connectivity index (χ1) is 11.8. The fourth-order valence-electron chi connectivity index (χ4n) is 7.38. The van der Waals surface area contributed by atoms with Crippen molar-refractivity contribution in [2.75, 3.05) is 0 Å². The lowest BCUT2D eigenvalue weighted by Crippen LogP contribution is -2.54. The molecule has 0 aromatic heterocycles. The van der Waals surface area contributed by atoms with Crippen molar-refractivity contribution in [1.82, 2.24) is 0 Å². The second kappa shape index (κ2) is 5.69. The van der Waals surface area contributed by atoms with Crippen LogP contribution in [0.1, 0.15) is 72.1 Å². The Morgan fingerprint density at radius 3 is 2.52 bits per heavy atom. The Morgan fingerprint density at radius 2 is 1.80 bits per heavy atom. The van der Waals surface area contributed by atoms with E-state index >= 15 is 0 Å². The summed E-state index contributed by atoms with van der Waals surface area (Å²) in [6.45, 7) is 10.8. The number of hydrogen-bond donors (Lipinski definition) is 0. The van der Waals surface area contributed by atoms with Gasteiger partial charge < -0.3 is 4.74 Å². The van der Waals surface area contributed by atoms with E-state index in [2.05, 4.69) is 20.4 Å². The van der Waals surface area contributed by atoms with Crippen molar-refractivity contribution in [1.29, 1.82) is 0 Å². The van der Waals surface area contributed by atoms with Crippen LogP contribution in [0.15, 0.2) is 12.2 Å². The summed E-state index contributed by atoms with van der Waals surface area (Å²) in [5.74, 6) is 2.66. The lowest BCUT2D eigenvalue weighted by atomic mass is 9.44. The van der Waals surface area contributed by atoms with Crippen LogP contribution in [0.25, 0.3) is 0 Å². The van der Waals surface area contributed by atoms with E-state index in [1.54, 1.807) is 0 Å². The van der Waals surface area contributed by atoms with E-state index in [0.29, 0.717) is 29.5 Å². The van der Waals surface area contributed by atoms with Crippen LogP contribution in [-0.4, -0.2) is 17.9 Å². The van der Waals surface area contributed by atoms with Crippen LogP contribution >= 0.6 is 0 Å². The molecule has 0 amide bonds. The fraction of sp³-hybridized carbons (Fsp3) is 0.818. The summed E-state index contributed by atoms with van der Waals surface area (Å²) < 4.78 is 5.73. The first-order valence-corrected chi connectivity index (χ1v) is 10.1. The number of rotatable bonds is 1. The minimum absolute atomic E-state index is 0.0858. The number of hydrogen-bond acceptors (Lipinski definition) is 3. The summed E-state index contributed by atoms with van der Waals surface area (Å²) >= 11 is 0. The van der Waals surface area contributed by atoms with E-state index in [-0.39, 0.29) is 22.9 Å². The van der Waals surface area contributed by atoms with Crippen molar-refractivity contribution in [2.24, 2.45) is 34.5 Å². The number of ketones is 1. The highest BCUT2D eigenvalue weighted by molar-refractivity contribution is 5.80. The van der Waals surface area contributed by atoms with Gasteiger partial charge in [0.1, 0.15) is 11.9 Å². The smallest absolute Gasteiger partial charge is 0.302 e. The molecule has 4 aliphatic rings. The molecule has 0 aliphatic heterocycles. The van der Waals surface area contributed by atoms with Gasteiger partial charge in [0.15, 0.2) is 0 Å². The quantitative estimate of drug-likeness (QED) is 0.512. The topological polar surface area (TPSA) is 43.4 Å². The molecule has 0 aromatic carbocycles. The van der Waals surface area contributed by atoms with Crippen molar-refractivity contribution in [3.05, 3.63) is 12.2 Å². The highest BCUT2D eigenvalue weighted by Crippen LogP contribution is 2.67. The molecule has 25 heavy (non-hydrogen) atoms. The van der Waals surface area contributed by atoms with Crippen molar-refractivity contribution in [2.45, 2.75) is 78.2 Å². The molecule has 3 nitrogen and oxygen atoms in total. The SMILES string of the molecule is C=C1C[C@@H]2[C@H](CC[C@]3(C)[C@@H](OC(C)=O)CC[C@@H]23)[C@@]2(C)CCC(=O)C[C@H]12. The predicted molar refractivity (Wildman–Crippen MR) is 96.8 cm³/mol. The lowest BCUT2D eigenvalue weighted by molar-refractivity contribution is -0.159. The zero-order chi connectivity index (χ0) is 18.0. The fourth-order valence-corrected chi connectivity index (χ4v) is 7.38. The monoisotopic (exact) mass is 344 g/mol. The van der Waals surface area contributed by atoms with Gasteiger partial charge in [0, 0.05) is 25.2 Å². The molecule has 0 saturated heterocycles. The molecule has 4 fully saturated rings. The number of carbonyl (C=O) groups is 2. The van der Waals surface area contributed by atoms with Crippen LogP contribution in [0.5, 0.6) is 0 Å². The Bertz CT molecular complexity index is 623. The highest BCUT2D eigenvalue weighted by atomic mass is 16.5. The highest BCUT2D eigenvalue weighted by Gasteiger charge is 2.61. The van der Waals surface area contributed by atoms with E-state index in [9.17, 15) is 9.59 Å². The first kappa shape index (κ1) is 17.3. The summed E-state index contributed by atoms with van der Waals surface area (Å²) in [5.41, 5.74) is 1.69. The van der Waals surface area contributed by atoms with Gasteiger partial charge in [0.05, 0.1) is 0 Å². The molecule has 0 heterocycles. The van der Waals surface area contributed by atoms with Crippen LogP contribution < -0.4 is 0 Å². The van der Waals surface area contributed by atoms with Crippen molar-refractivity contribution in [3.8, 4) is 0 Å². The number of esters is 1. The first-order valence-electron chi connectivity index (χ1n) is 10.1. The molecule has 4 rings (SSSR count). The third-order valence-corrected chi connectivity index (χ3v) is 8.67. The van der Waals surface area contributed by atoms with Gasteiger partial charge in [0.2, 0.25) is 0 Å². The van der Waals surface area contributed by atoms with Gasteiger partial charge in [-0.1, -0.05) is 26.0 Å². The van der Waals surface area contributed by atoms with Gasteiger partial charge in [-0.05, 0) is 67.6 Å². The van der Waals surface area contributed by atoms with Crippen molar-refractivity contribution in [3.63, 3.8) is 0 Å². The summed E-state index contributed by atoms with van der Waals surface area (Å²) in [4.78, 5) is 23.6.